The summed E-state index contributed by atoms with van der Waals surface area (Å²) < 4.78 is 31.4. The number of aromatic nitrogens is 2. The summed E-state index contributed by atoms with van der Waals surface area (Å²) in [5.41, 5.74) is 1.97. The third-order valence-corrected chi connectivity index (χ3v) is 6.12. The number of rotatable bonds is 3. The van der Waals surface area contributed by atoms with Crippen molar-refractivity contribution in [3.63, 3.8) is 0 Å². The Kier molecular flexibility index (Phi) is 3.46. The maximum atomic E-state index is 12.4. The number of fused-ring (bicyclic) bond motifs is 1. The van der Waals surface area contributed by atoms with E-state index in [1.54, 1.807) is 6.07 Å². The second-order valence-electron chi connectivity index (χ2n) is 5.75. The van der Waals surface area contributed by atoms with Gasteiger partial charge in [-0.15, -0.1) is 0 Å². The monoisotopic (exact) mass is 331 g/mol. The molecule has 120 valence electrons. The van der Waals surface area contributed by atoms with Crippen molar-refractivity contribution >= 4 is 21.1 Å². The zero-order valence-corrected chi connectivity index (χ0v) is 13.3. The van der Waals surface area contributed by atoms with Gasteiger partial charge in [0.15, 0.2) is 0 Å². The molecule has 7 heteroatoms. The van der Waals surface area contributed by atoms with E-state index in [9.17, 15) is 8.42 Å². The van der Waals surface area contributed by atoms with Gasteiger partial charge in [-0.2, -0.15) is 4.31 Å². The zero-order chi connectivity index (χ0) is 15.9. The van der Waals surface area contributed by atoms with Crippen LogP contribution in [0, 0.1) is 0 Å². The first-order valence-electron chi connectivity index (χ1n) is 7.63. The molecular weight excluding hydrogens is 314 g/mol. The molecule has 0 unspecified atom stereocenters. The van der Waals surface area contributed by atoms with Crippen LogP contribution in [0.2, 0.25) is 0 Å². The Labute approximate surface area is 134 Å². The first-order chi connectivity index (χ1) is 11.1. The van der Waals surface area contributed by atoms with E-state index in [0.29, 0.717) is 13.1 Å². The minimum Gasteiger partial charge on any atom is -0.452 e. The van der Waals surface area contributed by atoms with E-state index in [-0.39, 0.29) is 11.0 Å². The van der Waals surface area contributed by atoms with E-state index < -0.39 is 10.0 Å². The van der Waals surface area contributed by atoms with E-state index in [1.165, 1.54) is 16.6 Å². The van der Waals surface area contributed by atoms with Crippen LogP contribution in [0.25, 0.3) is 11.0 Å². The number of hydrogen-bond donors (Lipinski definition) is 1. The third-order valence-electron chi connectivity index (χ3n) is 4.34. The maximum absolute atomic E-state index is 12.4. The van der Waals surface area contributed by atoms with E-state index in [0.717, 1.165) is 29.7 Å². The minimum absolute atomic E-state index is 0.0136. The molecule has 0 amide bonds. The molecule has 4 rings (SSSR count). The topological polar surface area (TPSA) is 79.2 Å². The highest BCUT2D eigenvalue weighted by Gasteiger charge is 2.32. The van der Waals surface area contributed by atoms with Gasteiger partial charge >= 0.3 is 0 Å². The maximum Gasteiger partial charge on any atom is 0.276 e. The number of hydrogen-bond acceptors (Lipinski definition) is 4. The highest BCUT2D eigenvalue weighted by molar-refractivity contribution is 7.89. The Bertz CT molecular complexity index is 874. The highest BCUT2D eigenvalue weighted by Crippen LogP contribution is 2.30. The quantitative estimate of drug-likeness (QED) is 0.800. The van der Waals surface area contributed by atoms with Gasteiger partial charge in [0.25, 0.3) is 10.0 Å². The van der Waals surface area contributed by atoms with Gasteiger partial charge in [0.1, 0.15) is 5.82 Å². The summed E-state index contributed by atoms with van der Waals surface area (Å²) in [5.74, 6) is 1.20. The number of piperidine rings is 1. The number of imidazole rings is 1. The Morgan fingerprint density at radius 2 is 1.91 bits per heavy atom. The van der Waals surface area contributed by atoms with Crippen LogP contribution in [-0.2, 0) is 10.0 Å². The van der Waals surface area contributed by atoms with Crippen LogP contribution in [0.4, 0.5) is 0 Å². The number of aromatic amines is 1. The average molecular weight is 331 g/mol. The number of nitrogens with zero attached hydrogens (tertiary/aromatic N) is 2. The van der Waals surface area contributed by atoms with Gasteiger partial charge in [0.05, 0.1) is 17.3 Å². The lowest BCUT2D eigenvalue weighted by Crippen LogP contribution is -2.37. The summed E-state index contributed by atoms with van der Waals surface area (Å²) in [6, 6.07) is 11.0. The fourth-order valence-electron chi connectivity index (χ4n) is 3.07. The molecule has 1 saturated heterocycles. The van der Waals surface area contributed by atoms with Crippen LogP contribution in [0.5, 0.6) is 0 Å². The van der Waals surface area contributed by atoms with Crippen molar-refractivity contribution in [3.05, 3.63) is 48.5 Å². The highest BCUT2D eigenvalue weighted by atomic mass is 32.2. The summed E-state index contributed by atoms with van der Waals surface area (Å²) in [6.45, 7) is 0.954. The van der Waals surface area contributed by atoms with E-state index in [2.05, 4.69) is 9.97 Å². The first-order valence-corrected chi connectivity index (χ1v) is 9.07. The second kappa shape index (κ2) is 5.50. The summed E-state index contributed by atoms with van der Waals surface area (Å²) in [5, 5.41) is 0.0136. The van der Waals surface area contributed by atoms with Crippen LogP contribution in [-0.4, -0.2) is 35.8 Å². The van der Waals surface area contributed by atoms with Crippen molar-refractivity contribution in [2.75, 3.05) is 13.1 Å². The summed E-state index contributed by atoms with van der Waals surface area (Å²) >= 11 is 0. The Balaban J connectivity index is 1.51. The minimum atomic E-state index is -3.51. The molecule has 6 nitrogen and oxygen atoms in total. The van der Waals surface area contributed by atoms with Crippen molar-refractivity contribution in [2.45, 2.75) is 23.9 Å². The zero-order valence-electron chi connectivity index (χ0n) is 12.5. The van der Waals surface area contributed by atoms with Crippen molar-refractivity contribution in [1.29, 1.82) is 0 Å². The Morgan fingerprint density at radius 3 is 2.61 bits per heavy atom. The van der Waals surface area contributed by atoms with E-state index in [4.69, 9.17) is 4.42 Å². The van der Waals surface area contributed by atoms with Crippen LogP contribution in [0.1, 0.15) is 24.6 Å². The standard InChI is InChI=1S/C16H17N3O3S/c20-23(21,15-6-3-11-22-15)19-9-7-12(8-10-19)16-17-13-4-1-2-5-14(13)18-16/h1-6,11-12H,7-10H2,(H,17,18). The number of benzene rings is 1. The van der Waals surface area contributed by atoms with Gasteiger partial charge in [-0.1, -0.05) is 12.1 Å². The molecule has 0 spiro atoms. The molecule has 0 radical (unpaired) electrons. The second-order valence-corrected chi connectivity index (χ2v) is 7.62. The third kappa shape index (κ3) is 2.55. The largest absolute Gasteiger partial charge is 0.452 e. The SMILES string of the molecule is O=S(=O)(c1ccco1)N1CCC(c2nc3ccccc3[nH]2)CC1. The molecule has 1 aromatic carbocycles. The molecule has 1 N–H and O–H groups in total. The number of para-hydroxylation sites is 2. The van der Waals surface area contributed by atoms with Gasteiger partial charge in [0.2, 0.25) is 5.09 Å². The molecule has 3 aromatic rings. The lowest BCUT2D eigenvalue weighted by Gasteiger charge is -2.29. The van der Waals surface area contributed by atoms with Crippen LogP contribution < -0.4 is 0 Å². The first kappa shape index (κ1) is 14.5. The normalized spacial score (nSPS) is 17.7. The molecule has 1 aliphatic rings. The smallest absolute Gasteiger partial charge is 0.276 e. The molecule has 1 fully saturated rings. The Morgan fingerprint density at radius 1 is 1.13 bits per heavy atom. The molecule has 1 aliphatic heterocycles. The lowest BCUT2D eigenvalue weighted by molar-refractivity contribution is 0.305. The predicted octanol–water partition coefficient (Wildman–Crippen LogP) is 2.72. The lowest BCUT2D eigenvalue weighted by atomic mass is 9.97. The molecule has 2 aromatic heterocycles. The van der Waals surface area contributed by atoms with Gasteiger partial charge in [-0.05, 0) is 37.1 Å². The summed E-state index contributed by atoms with van der Waals surface area (Å²) in [6.07, 6.45) is 2.88. The number of nitrogens with one attached hydrogen (secondary N) is 1. The predicted molar refractivity (Wildman–Crippen MR) is 85.5 cm³/mol. The van der Waals surface area contributed by atoms with E-state index >= 15 is 0 Å². The fraction of sp³-hybridized carbons (Fsp3) is 0.312. The molecule has 23 heavy (non-hydrogen) atoms. The van der Waals surface area contributed by atoms with Gasteiger partial charge < -0.3 is 9.40 Å². The summed E-state index contributed by atoms with van der Waals surface area (Å²) in [7, 11) is -3.51. The van der Waals surface area contributed by atoms with Crippen molar-refractivity contribution in [3.8, 4) is 0 Å². The number of furan rings is 1. The molecule has 0 saturated carbocycles. The number of sulfonamides is 1. The van der Waals surface area contributed by atoms with Crippen LogP contribution in [0.3, 0.4) is 0 Å². The van der Waals surface area contributed by atoms with Gasteiger partial charge in [0, 0.05) is 19.0 Å². The molecule has 0 atom stereocenters. The molecule has 0 bridgehead atoms. The van der Waals surface area contributed by atoms with Gasteiger partial charge in [-0.3, -0.25) is 0 Å². The number of H-pyrrole nitrogens is 1. The molecular formula is C16H17N3O3S. The van der Waals surface area contributed by atoms with Crippen molar-refractivity contribution in [2.24, 2.45) is 0 Å². The average Bonchev–Trinajstić information content (AvgIpc) is 3.24. The Hall–Kier alpha value is -2.12. The van der Waals surface area contributed by atoms with Crippen molar-refractivity contribution in [1.82, 2.24) is 14.3 Å². The molecule has 0 aliphatic carbocycles. The van der Waals surface area contributed by atoms with E-state index in [1.807, 2.05) is 24.3 Å². The molecule has 3 heterocycles. The summed E-state index contributed by atoms with van der Waals surface area (Å²) in [4.78, 5) is 7.98. The van der Waals surface area contributed by atoms with Crippen molar-refractivity contribution < 1.29 is 12.8 Å². The van der Waals surface area contributed by atoms with Crippen LogP contribution >= 0.6 is 0 Å². The van der Waals surface area contributed by atoms with Crippen LogP contribution in [0.15, 0.2) is 52.2 Å². The van der Waals surface area contributed by atoms with Gasteiger partial charge in [-0.25, -0.2) is 13.4 Å². The fourth-order valence-corrected chi connectivity index (χ4v) is 4.45.